The molecule has 0 bridgehead atoms. The molecule has 0 aliphatic heterocycles. The highest BCUT2D eigenvalue weighted by molar-refractivity contribution is 9.10. The van der Waals surface area contributed by atoms with Crippen molar-refractivity contribution in [2.45, 2.75) is 17.9 Å². The number of hydrogen-bond acceptors (Lipinski definition) is 3. The highest BCUT2D eigenvalue weighted by atomic mass is 79.9. The monoisotopic (exact) mass is 311 g/mol. The van der Waals surface area contributed by atoms with E-state index in [2.05, 4.69) is 46.6 Å². The van der Waals surface area contributed by atoms with Crippen molar-refractivity contribution in [2.24, 2.45) is 0 Å². The van der Waals surface area contributed by atoms with E-state index in [1.807, 2.05) is 24.3 Å². The Morgan fingerprint density at radius 1 is 1.24 bits per heavy atom. The maximum Gasteiger partial charge on any atom is 0.169 e. The summed E-state index contributed by atoms with van der Waals surface area (Å²) in [5.41, 5.74) is 1.14. The van der Waals surface area contributed by atoms with Gasteiger partial charge in [-0.25, -0.2) is 0 Å². The van der Waals surface area contributed by atoms with Crippen LogP contribution in [-0.4, -0.2) is 6.26 Å². The number of para-hydroxylation sites is 1. The lowest BCUT2D eigenvalue weighted by Gasteiger charge is -2.15. The number of furan rings is 1. The molecule has 0 aliphatic carbocycles. The third-order valence-electron chi connectivity index (χ3n) is 2.50. The van der Waals surface area contributed by atoms with Gasteiger partial charge < -0.3 is 9.73 Å². The van der Waals surface area contributed by atoms with Gasteiger partial charge in [-0.3, -0.25) is 0 Å². The third-order valence-corrected chi connectivity index (χ3v) is 3.72. The van der Waals surface area contributed by atoms with Crippen molar-refractivity contribution in [3.63, 3.8) is 0 Å². The molecule has 0 saturated heterocycles. The van der Waals surface area contributed by atoms with Crippen LogP contribution in [0.3, 0.4) is 0 Å². The molecule has 2 rings (SSSR count). The van der Waals surface area contributed by atoms with Crippen LogP contribution in [0.4, 0.5) is 5.69 Å². The molecule has 0 spiro atoms. The summed E-state index contributed by atoms with van der Waals surface area (Å²) >= 11 is 5.05. The van der Waals surface area contributed by atoms with E-state index in [4.69, 9.17) is 4.42 Å². The number of benzene rings is 1. The maximum absolute atomic E-state index is 5.54. The number of halogens is 1. The zero-order chi connectivity index (χ0) is 12.3. The highest BCUT2D eigenvalue weighted by Gasteiger charge is 2.11. The van der Waals surface area contributed by atoms with Crippen LogP contribution >= 0.6 is 27.7 Å². The normalized spacial score (nSPS) is 12.4. The molecule has 1 aromatic heterocycles. The van der Waals surface area contributed by atoms with Gasteiger partial charge in [0.25, 0.3) is 0 Å². The minimum Gasteiger partial charge on any atom is -0.452 e. The standard InChI is InChI=1S/C13H14BrNOS/c1-9(11-7-8-13(14)16-11)15-10-5-3-4-6-12(10)17-2/h3-9,15H,1-2H3. The second-order valence-electron chi connectivity index (χ2n) is 3.71. The maximum atomic E-state index is 5.54. The van der Waals surface area contributed by atoms with E-state index < -0.39 is 0 Å². The average Bonchev–Trinajstić information content (AvgIpc) is 2.77. The molecular formula is C13H14BrNOS. The predicted molar refractivity (Wildman–Crippen MR) is 76.7 cm³/mol. The van der Waals surface area contributed by atoms with Crippen LogP contribution in [0.5, 0.6) is 0 Å². The van der Waals surface area contributed by atoms with E-state index >= 15 is 0 Å². The molecule has 90 valence electrons. The molecule has 1 aromatic carbocycles. The first kappa shape index (κ1) is 12.6. The van der Waals surface area contributed by atoms with Crippen molar-refractivity contribution in [1.29, 1.82) is 0 Å². The van der Waals surface area contributed by atoms with Gasteiger partial charge in [-0.2, -0.15) is 0 Å². The van der Waals surface area contributed by atoms with Gasteiger partial charge in [0.15, 0.2) is 4.67 Å². The van der Waals surface area contributed by atoms with Gasteiger partial charge >= 0.3 is 0 Å². The largest absolute Gasteiger partial charge is 0.452 e. The van der Waals surface area contributed by atoms with Crippen LogP contribution in [0, 0.1) is 0 Å². The first-order chi connectivity index (χ1) is 8.20. The molecule has 0 radical (unpaired) electrons. The SMILES string of the molecule is CSc1ccccc1NC(C)c1ccc(Br)o1. The molecule has 0 saturated carbocycles. The molecule has 1 unspecified atom stereocenters. The van der Waals surface area contributed by atoms with Gasteiger partial charge in [-0.1, -0.05) is 12.1 Å². The average molecular weight is 312 g/mol. The van der Waals surface area contributed by atoms with Crippen LogP contribution in [0.1, 0.15) is 18.7 Å². The molecule has 1 N–H and O–H groups in total. The summed E-state index contributed by atoms with van der Waals surface area (Å²) in [6, 6.07) is 12.3. The van der Waals surface area contributed by atoms with Gasteiger partial charge in [0.1, 0.15) is 5.76 Å². The molecule has 0 amide bonds. The molecule has 1 heterocycles. The first-order valence-electron chi connectivity index (χ1n) is 5.35. The third kappa shape index (κ3) is 3.07. The van der Waals surface area contributed by atoms with Gasteiger partial charge in [-0.05, 0) is 53.4 Å². The lowest BCUT2D eigenvalue weighted by molar-refractivity contribution is 0.470. The van der Waals surface area contributed by atoms with Crippen LogP contribution in [0.2, 0.25) is 0 Å². The Bertz CT molecular complexity index is 498. The molecule has 17 heavy (non-hydrogen) atoms. The second-order valence-corrected chi connectivity index (χ2v) is 5.34. The van der Waals surface area contributed by atoms with Crippen LogP contribution < -0.4 is 5.32 Å². The summed E-state index contributed by atoms with van der Waals surface area (Å²) in [5, 5.41) is 3.46. The fraction of sp³-hybridized carbons (Fsp3) is 0.231. The van der Waals surface area contributed by atoms with Crippen molar-refractivity contribution in [3.05, 3.63) is 46.8 Å². The van der Waals surface area contributed by atoms with Gasteiger partial charge in [0.2, 0.25) is 0 Å². The van der Waals surface area contributed by atoms with E-state index in [0.717, 1.165) is 16.1 Å². The lowest BCUT2D eigenvalue weighted by Crippen LogP contribution is -2.06. The zero-order valence-corrected chi connectivity index (χ0v) is 12.1. The Morgan fingerprint density at radius 2 is 2.00 bits per heavy atom. The summed E-state index contributed by atoms with van der Waals surface area (Å²) in [5.74, 6) is 0.924. The summed E-state index contributed by atoms with van der Waals surface area (Å²) in [6.07, 6.45) is 2.08. The van der Waals surface area contributed by atoms with Gasteiger partial charge in [0, 0.05) is 10.6 Å². The molecule has 4 heteroatoms. The molecular weight excluding hydrogens is 298 g/mol. The van der Waals surface area contributed by atoms with Crippen LogP contribution in [0.15, 0.2) is 50.4 Å². The molecule has 1 atom stereocenters. The number of nitrogens with one attached hydrogen (secondary N) is 1. The summed E-state index contributed by atoms with van der Waals surface area (Å²) in [4.78, 5) is 1.24. The molecule has 2 nitrogen and oxygen atoms in total. The van der Waals surface area contributed by atoms with Crippen molar-refractivity contribution in [1.82, 2.24) is 0 Å². The fourth-order valence-corrected chi connectivity index (χ4v) is 2.51. The molecule has 2 aromatic rings. The Hall–Kier alpha value is -0.870. The van der Waals surface area contributed by atoms with Crippen molar-refractivity contribution < 1.29 is 4.42 Å². The van der Waals surface area contributed by atoms with E-state index in [0.29, 0.717) is 0 Å². The Kier molecular flexibility index (Phi) is 4.18. The minimum absolute atomic E-state index is 0.148. The fourth-order valence-electron chi connectivity index (χ4n) is 1.63. The Labute approximate surface area is 114 Å². The van der Waals surface area contributed by atoms with E-state index in [1.165, 1.54) is 4.90 Å². The van der Waals surface area contributed by atoms with Gasteiger partial charge in [0.05, 0.1) is 6.04 Å². The first-order valence-corrected chi connectivity index (χ1v) is 7.37. The summed E-state index contributed by atoms with van der Waals surface area (Å²) in [7, 11) is 0. The van der Waals surface area contributed by atoms with Gasteiger partial charge in [-0.15, -0.1) is 11.8 Å². The zero-order valence-electron chi connectivity index (χ0n) is 9.74. The van der Waals surface area contributed by atoms with E-state index in [-0.39, 0.29) is 6.04 Å². The smallest absolute Gasteiger partial charge is 0.169 e. The van der Waals surface area contributed by atoms with E-state index in [9.17, 15) is 0 Å². The van der Waals surface area contributed by atoms with E-state index in [1.54, 1.807) is 11.8 Å². The van der Waals surface area contributed by atoms with Crippen LogP contribution in [0.25, 0.3) is 0 Å². The minimum atomic E-state index is 0.148. The van der Waals surface area contributed by atoms with Crippen molar-refractivity contribution >= 4 is 33.4 Å². The molecule has 0 fully saturated rings. The Balaban J connectivity index is 2.15. The van der Waals surface area contributed by atoms with Crippen molar-refractivity contribution in [2.75, 3.05) is 11.6 Å². The number of anilines is 1. The Morgan fingerprint density at radius 3 is 2.65 bits per heavy atom. The number of rotatable bonds is 4. The summed E-state index contributed by atoms with van der Waals surface area (Å²) in [6.45, 7) is 2.09. The number of hydrogen-bond donors (Lipinski definition) is 1. The quantitative estimate of drug-likeness (QED) is 0.810. The summed E-state index contributed by atoms with van der Waals surface area (Å²) < 4.78 is 6.30. The van der Waals surface area contributed by atoms with Crippen LogP contribution in [-0.2, 0) is 0 Å². The van der Waals surface area contributed by atoms with Crippen molar-refractivity contribution in [3.8, 4) is 0 Å². The topological polar surface area (TPSA) is 25.2 Å². The molecule has 0 aliphatic rings. The predicted octanol–water partition coefficient (Wildman–Crippen LogP) is 4.94. The highest BCUT2D eigenvalue weighted by Crippen LogP contribution is 2.29. The lowest BCUT2D eigenvalue weighted by atomic mass is 10.2. The number of thioether (sulfide) groups is 1. The second kappa shape index (κ2) is 5.65.